The van der Waals surface area contributed by atoms with E-state index < -0.39 is 0 Å². The van der Waals surface area contributed by atoms with E-state index in [0.29, 0.717) is 28.7 Å². The fraction of sp³-hybridized carbons (Fsp3) is 0.207. The number of thioether (sulfide) groups is 1. The van der Waals surface area contributed by atoms with Gasteiger partial charge in [-0.25, -0.2) is 9.40 Å². The average molecular weight is 638 g/mol. The van der Waals surface area contributed by atoms with Gasteiger partial charge < -0.3 is 14.6 Å². The van der Waals surface area contributed by atoms with Crippen LogP contribution >= 0.6 is 27.7 Å². The fourth-order valence-electron chi connectivity index (χ4n) is 4.32. The number of ether oxygens (including phenoxy) is 1. The molecule has 2 amide bonds. The Balaban J connectivity index is 1.25. The fourth-order valence-corrected chi connectivity index (χ4v) is 5.37. The first-order valence-corrected chi connectivity index (χ1v) is 14.4. The molecule has 9 nitrogen and oxygen atoms in total. The minimum Gasteiger partial charge on any atom is -0.497 e. The van der Waals surface area contributed by atoms with Gasteiger partial charge in [0.1, 0.15) is 11.6 Å². The lowest BCUT2D eigenvalue weighted by Crippen LogP contribution is -2.28. The molecule has 0 aliphatic carbocycles. The molecule has 41 heavy (non-hydrogen) atoms. The summed E-state index contributed by atoms with van der Waals surface area (Å²) < 4.78 is 21.4. The molecule has 0 bridgehead atoms. The van der Waals surface area contributed by atoms with Gasteiger partial charge in [-0.3, -0.25) is 9.59 Å². The molecule has 1 aliphatic rings. The molecular formula is C29H26BrFN6O3S. The second-order valence-electron chi connectivity index (χ2n) is 9.22. The number of amides is 2. The van der Waals surface area contributed by atoms with E-state index >= 15 is 0 Å². The van der Waals surface area contributed by atoms with Crippen molar-refractivity contribution in [2.24, 2.45) is 12.1 Å². The van der Waals surface area contributed by atoms with Crippen molar-refractivity contribution in [3.05, 3.63) is 106 Å². The van der Waals surface area contributed by atoms with E-state index in [2.05, 4.69) is 36.5 Å². The van der Waals surface area contributed by atoms with Crippen molar-refractivity contribution < 1.29 is 18.7 Å². The van der Waals surface area contributed by atoms with Gasteiger partial charge in [-0.2, -0.15) is 5.10 Å². The van der Waals surface area contributed by atoms with Gasteiger partial charge in [0.25, 0.3) is 11.8 Å². The summed E-state index contributed by atoms with van der Waals surface area (Å²) in [6.45, 7) is 0.169. The molecule has 1 atom stereocenters. The van der Waals surface area contributed by atoms with Crippen LogP contribution in [0.4, 0.5) is 4.39 Å². The van der Waals surface area contributed by atoms with Crippen LogP contribution in [0.2, 0.25) is 0 Å². The van der Waals surface area contributed by atoms with Gasteiger partial charge >= 0.3 is 0 Å². The number of rotatable bonds is 9. The monoisotopic (exact) mass is 636 g/mol. The van der Waals surface area contributed by atoms with Gasteiger partial charge in [-0.15, -0.1) is 10.2 Å². The number of benzene rings is 3. The Kier molecular flexibility index (Phi) is 8.79. The lowest BCUT2D eigenvalue weighted by Gasteiger charge is -2.22. The first-order chi connectivity index (χ1) is 19.8. The van der Waals surface area contributed by atoms with Gasteiger partial charge in [0, 0.05) is 23.5 Å². The predicted octanol–water partition coefficient (Wildman–Crippen LogP) is 5.13. The number of hydrogen-bond donors (Lipinski definition) is 1. The molecule has 0 fully saturated rings. The maximum Gasteiger partial charge on any atom is 0.253 e. The highest BCUT2D eigenvalue weighted by molar-refractivity contribution is 9.10. The molecule has 0 unspecified atom stereocenters. The zero-order valence-corrected chi connectivity index (χ0v) is 24.7. The van der Waals surface area contributed by atoms with Crippen LogP contribution in [0.5, 0.6) is 5.75 Å². The van der Waals surface area contributed by atoms with Crippen LogP contribution in [0.1, 0.15) is 39.8 Å². The zero-order chi connectivity index (χ0) is 28.9. The first kappa shape index (κ1) is 28.5. The van der Waals surface area contributed by atoms with Crippen molar-refractivity contribution in [3.8, 4) is 5.75 Å². The van der Waals surface area contributed by atoms with Gasteiger partial charge in [-0.1, -0.05) is 52.0 Å². The lowest BCUT2D eigenvalue weighted by atomic mass is 9.98. The molecule has 5 rings (SSSR count). The highest BCUT2D eigenvalue weighted by Gasteiger charge is 2.33. The number of carbonyl (C=O) groups excluding carboxylic acids is 2. The number of hydrazone groups is 1. The maximum atomic E-state index is 13.6. The van der Waals surface area contributed by atoms with Crippen molar-refractivity contribution in [2.45, 2.75) is 24.2 Å². The standard InChI is InChI=1S/C29H26BrFN6O3S/c1-36-26(16-32-28(39)20-7-13-23(40-2)14-8-20)33-34-29(36)41-17-27(38)37-25(19-5-11-22(31)12-6-19)15-24(35-37)18-3-9-21(30)10-4-18/h3-14,25H,15-17H2,1-2H3,(H,32,39)/t25-/m1/s1. The Morgan fingerprint density at radius 1 is 1.05 bits per heavy atom. The molecule has 210 valence electrons. The van der Waals surface area contributed by atoms with Crippen molar-refractivity contribution in [1.29, 1.82) is 0 Å². The van der Waals surface area contributed by atoms with Crippen molar-refractivity contribution in [1.82, 2.24) is 25.1 Å². The van der Waals surface area contributed by atoms with E-state index in [-0.39, 0.29) is 36.0 Å². The number of aromatic nitrogens is 3. The molecule has 0 spiro atoms. The van der Waals surface area contributed by atoms with E-state index in [9.17, 15) is 14.0 Å². The Labute approximate surface area is 248 Å². The minimum absolute atomic E-state index is 0.0684. The van der Waals surface area contributed by atoms with Crippen molar-refractivity contribution in [3.63, 3.8) is 0 Å². The number of methoxy groups -OCH3 is 1. The Morgan fingerprint density at radius 3 is 2.44 bits per heavy atom. The van der Waals surface area contributed by atoms with Crippen molar-refractivity contribution >= 4 is 45.2 Å². The summed E-state index contributed by atoms with van der Waals surface area (Å²) in [5, 5.41) is 17.9. The second kappa shape index (κ2) is 12.6. The number of halogens is 2. The summed E-state index contributed by atoms with van der Waals surface area (Å²) in [7, 11) is 3.35. The number of hydrogen-bond acceptors (Lipinski definition) is 7. The van der Waals surface area contributed by atoms with E-state index in [1.54, 1.807) is 55.1 Å². The number of nitrogens with one attached hydrogen (secondary N) is 1. The van der Waals surface area contributed by atoms with Gasteiger partial charge in [-0.05, 0) is 59.7 Å². The number of nitrogens with zero attached hydrogens (tertiary/aromatic N) is 5. The molecular weight excluding hydrogens is 611 g/mol. The van der Waals surface area contributed by atoms with Gasteiger partial charge in [0.2, 0.25) is 0 Å². The largest absolute Gasteiger partial charge is 0.497 e. The third-order valence-electron chi connectivity index (χ3n) is 6.61. The van der Waals surface area contributed by atoms with Crippen LogP contribution < -0.4 is 10.1 Å². The lowest BCUT2D eigenvalue weighted by molar-refractivity contribution is -0.130. The summed E-state index contributed by atoms with van der Waals surface area (Å²) in [4.78, 5) is 25.9. The van der Waals surface area contributed by atoms with E-state index in [1.807, 2.05) is 24.3 Å². The SMILES string of the molecule is COc1ccc(C(=O)NCc2nnc(SCC(=O)N3N=C(c4ccc(Br)cc4)C[C@@H]3c3ccc(F)cc3)n2C)cc1. The molecule has 1 aromatic heterocycles. The van der Waals surface area contributed by atoms with E-state index in [0.717, 1.165) is 21.3 Å². The average Bonchev–Trinajstić information content (AvgIpc) is 3.59. The van der Waals surface area contributed by atoms with Crippen LogP contribution in [0, 0.1) is 5.82 Å². The molecule has 2 heterocycles. The first-order valence-electron chi connectivity index (χ1n) is 12.7. The zero-order valence-electron chi connectivity index (χ0n) is 22.3. The molecule has 4 aromatic rings. The predicted molar refractivity (Wildman–Crippen MR) is 157 cm³/mol. The second-order valence-corrected chi connectivity index (χ2v) is 11.1. The molecule has 0 saturated heterocycles. The van der Waals surface area contributed by atoms with Crippen LogP contribution in [-0.2, 0) is 18.4 Å². The third kappa shape index (κ3) is 6.66. The summed E-state index contributed by atoms with van der Waals surface area (Å²) >= 11 is 4.68. The molecule has 3 aromatic carbocycles. The Hall–Kier alpha value is -4.03. The quantitative estimate of drug-likeness (QED) is 0.256. The Morgan fingerprint density at radius 2 is 1.76 bits per heavy atom. The maximum absolute atomic E-state index is 13.6. The topological polar surface area (TPSA) is 102 Å². The molecule has 0 saturated carbocycles. The molecule has 1 N–H and O–H groups in total. The van der Waals surface area contributed by atoms with Crippen LogP contribution in [0.25, 0.3) is 0 Å². The molecule has 0 radical (unpaired) electrons. The smallest absolute Gasteiger partial charge is 0.253 e. The highest BCUT2D eigenvalue weighted by atomic mass is 79.9. The van der Waals surface area contributed by atoms with Crippen LogP contribution in [0.15, 0.2) is 87.5 Å². The van der Waals surface area contributed by atoms with Crippen LogP contribution in [0.3, 0.4) is 0 Å². The molecule has 1 aliphatic heterocycles. The van der Waals surface area contributed by atoms with Crippen LogP contribution in [-0.4, -0.2) is 50.2 Å². The van der Waals surface area contributed by atoms with E-state index in [1.165, 1.54) is 28.9 Å². The summed E-state index contributed by atoms with van der Waals surface area (Å²) in [5.41, 5.74) is 2.99. The highest BCUT2D eigenvalue weighted by Crippen LogP contribution is 2.34. The van der Waals surface area contributed by atoms with E-state index in [4.69, 9.17) is 4.74 Å². The van der Waals surface area contributed by atoms with Gasteiger partial charge in [0.05, 0.1) is 31.2 Å². The van der Waals surface area contributed by atoms with Crippen molar-refractivity contribution in [2.75, 3.05) is 12.9 Å². The minimum atomic E-state index is -0.356. The summed E-state index contributed by atoms with van der Waals surface area (Å²) in [6, 6.07) is 20.3. The summed E-state index contributed by atoms with van der Waals surface area (Å²) in [6.07, 6.45) is 0.506. The summed E-state index contributed by atoms with van der Waals surface area (Å²) in [5.74, 6) is 0.475. The van der Waals surface area contributed by atoms with Gasteiger partial charge in [0.15, 0.2) is 11.0 Å². The third-order valence-corrected chi connectivity index (χ3v) is 8.14. The molecule has 12 heteroatoms. The number of carbonyl (C=O) groups is 2. The Bertz CT molecular complexity index is 1580. The normalized spacial score (nSPS) is 14.6.